The highest BCUT2D eigenvalue weighted by Crippen LogP contribution is 2.40. The molecule has 0 saturated heterocycles. The molecule has 24 heavy (non-hydrogen) atoms. The minimum Gasteiger partial charge on any atom is -0.451 e. The molecule has 0 spiro atoms. The Kier molecular flexibility index (Phi) is 3.62. The van der Waals surface area contributed by atoms with E-state index in [0.717, 1.165) is 40.9 Å². The highest BCUT2D eigenvalue weighted by Gasteiger charge is 2.28. The van der Waals surface area contributed by atoms with E-state index in [1.807, 2.05) is 36.4 Å². The highest BCUT2D eigenvalue weighted by molar-refractivity contribution is 6.30. The maximum absolute atomic E-state index is 12.3. The van der Waals surface area contributed by atoms with Gasteiger partial charge in [0, 0.05) is 16.1 Å². The number of hydrogen-bond acceptors (Lipinski definition) is 3. The van der Waals surface area contributed by atoms with Crippen LogP contribution >= 0.6 is 11.6 Å². The van der Waals surface area contributed by atoms with Crippen molar-refractivity contribution in [3.05, 3.63) is 64.8 Å². The Morgan fingerprint density at radius 1 is 1.12 bits per heavy atom. The van der Waals surface area contributed by atoms with Gasteiger partial charge in [-0.05, 0) is 36.1 Å². The normalized spacial score (nSPS) is 12.4. The van der Waals surface area contributed by atoms with E-state index in [0.29, 0.717) is 5.02 Å². The van der Waals surface area contributed by atoms with Gasteiger partial charge in [-0.1, -0.05) is 48.0 Å². The van der Waals surface area contributed by atoms with Crippen LogP contribution in [-0.4, -0.2) is 23.0 Å². The van der Waals surface area contributed by atoms with Crippen molar-refractivity contribution < 1.29 is 9.53 Å². The summed E-state index contributed by atoms with van der Waals surface area (Å²) in [5.74, 6) is 0. The van der Waals surface area contributed by atoms with E-state index < -0.39 is 6.09 Å². The Morgan fingerprint density at radius 2 is 1.88 bits per heavy atom. The largest absolute Gasteiger partial charge is 0.451 e. The molecule has 0 unspecified atom stereocenters. The number of halogens is 1. The van der Waals surface area contributed by atoms with Gasteiger partial charge < -0.3 is 4.74 Å². The fraction of sp³-hybridized carbons (Fsp3) is 0.158. The van der Waals surface area contributed by atoms with Gasteiger partial charge in [0.25, 0.3) is 0 Å². The number of aromatic nitrogens is 2. The zero-order valence-electron chi connectivity index (χ0n) is 13.1. The first-order valence-electron chi connectivity index (χ1n) is 7.73. The number of methoxy groups -OCH3 is 1. The molecule has 0 fully saturated rings. The Morgan fingerprint density at radius 3 is 2.62 bits per heavy atom. The molecule has 4 nitrogen and oxygen atoms in total. The fourth-order valence-corrected chi connectivity index (χ4v) is 3.38. The summed E-state index contributed by atoms with van der Waals surface area (Å²) < 4.78 is 6.28. The van der Waals surface area contributed by atoms with Gasteiger partial charge in [-0.3, -0.25) is 0 Å². The predicted molar refractivity (Wildman–Crippen MR) is 93.3 cm³/mol. The lowest BCUT2D eigenvalue weighted by Gasteiger charge is -2.16. The lowest BCUT2D eigenvalue weighted by molar-refractivity contribution is 0.169. The Balaban J connectivity index is 2.02. The molecule has 5 heteroatoms. The Hall–Kier alpha value is -2.59. The summed E-state index contributed by atoms with van der Waals surface area (Å²) >= 11 is 6.01. The summed E-state index contributed by atoms with van der Waals surface area (Å²) in [4.78, 5) is 12.3. The molecule has 1 aliphatic carbocycles. The van der Waals surface area contributed by atoms with Gasteiger partial charge in [0.05, 0.1) is 18.5 Å². The van der Waals surface area contributed by atoms with Gasteiger partial charge in [-0.2, -0.15) is 9.78 Å². The standard InChI is InChI=1S/C19H15ClN2O2/c1-24-19(23)22-18(13-6-9-14(20)10-7-13)17-15-5-3-2-4-12(15)8-11-16(17)21-22/h2-7,9-10H,8,11H2,1H3. The Bertz CT molecular complexity index is 929. The maximum atomic E-state index is 12.3. The quantitative estimate of drug-likeness (QED) is 0.652. The molecule has 0 radical (unpaired) electrons. The average molecular weight is 339 g/mol. The second kappa shape index (κ2) is 5.80. The molecule has 0 saturated carbocycles. The molecule has 1 heterocycles. The third-order valence-electron chi connectivity index (χ3n) is 4.34. The molecule has 2 aromatic carbocycles. The first-order chi connectivity index (χ1) is 11.7. The summed E-state index contributed by atoms with van der Waals surface area (Å²) in [6.07, 6.45) is 1.23. The van der Waals surface area contributed by atoms with Crippen molar-refractivity contribution in [1.29, 1.82) is 0 Å². The first kappa shape index (κ1) is 15.0. The number of carbonyl (C=O) groups is 1. The van der Waals surface area contributed by atoms with Crippen LogP contribution in [0, 0.1) is 0 Å². The molecule has 4 rings (SSSR count). The van der Waals surface area contributed by atoms with Crippen LogP contribution in [0.4, 0.5) is 4.79 Å². The van der Waals surface area contributed by atoms with Gasteiger partial charge in [0.2, 0.25) is 0 Å². The highest BCUT2D eigenvalue weighted by atomic mass is 35.5. The molecule has 1 aliphatic rings. The van der Waals surface area contributed by atoms with Crippen molar-refractivity contribution in [2.24, 2.45) is 0 Å². The van der Waals surface area contributed by atoms with Crippen LogP contribution in [0.15, 0.2) is 48.5 Å². The molecule has 1 aromatic heterocycles. The molecule has 0 bridgehead atoms. The number of aryl methyl sites for hydroxylation is 2. The smallest absolute Gasteiger partial charge is 0.435 e. The lowest BCUT2D eigenvalue weighted by atomic mass is 9.87. The SMILES string of the molecule is COC(=O)n1nc2c(c1-c1ccc(Cl)cc1)-c1ccccc1CC2. The number of fused-ring (bicyclic) bond motifs is 3. The summed E-state index contributed by atoms with van der Waals surface area (Å²) in [7, 11) is 1.36. The van der Waals surface area contributed by atoms with Crippen LogP contribution in [-0.2, 0) is 17.6 Å². The van der Waals surface area contributed by atoms with Gasteiger partial charge in [-0.15, -0.1) is 0 Å². The molecule has 0 aliphatic heterocycles. The minimum atomic E-state index is -0.494. The summed E-state index contributed by atoms with van der Waals surface area (Å²) in [5.41, 5.74) is 5.95. The van der Waals surface area contributed by atoms with Crippen LogP contribution in [0.2, 0.25) is 5.02 Å². The van der Waals surface area contributed by atoms with Crippen molar-refractivity contribution in [3.63, 3.8) is 0 Å². The van der Waals surface area contributed by atoms with Crippen LogP contribution < -0.4 is 0 Å². The Labute approximate surface area is 144 Å². The molecular formula is C19H15ClN2O2. The van der Waals surface area contributed by atoms with Gasteiger partial charge >= 0.3 is 6.09 Å². The molecule has 0 amide bonds. The monoisotopic (exact) mass is 338 g/mol. The molecular weight excluding hydrogens is 324 g/mol. The first-order valence-corrected chi connectivity index (χ1v) is 8.11. The van der Waals surface area contributed by atoms with Crippen molar-refractivity contribution >= 4 is 17.7 Å². The summed E-state index contributed by atoms with van der Waals surface area (Å²) in [5, 5.41) is 5.18. The van der Waals surface area contributed by atoms with Crippen LogP contribution in [0.1, 0.15) is 11.3 Å². The van der Waals surface area contributed by atoms with E-state index in [-0.39, 0.29) is 0 Å². The molecule has 120 valence electrons. The molecule has 3 aromatic rings. The van der Waals surface area contributed by atoms with E-state index in [9.17, 15) is 4.79 Å². The predicted octanol–water partition coefficient (Wildman–Crippen LogP) is 4.58. The maximum Gasteiger partial charge on any atom is 0.435 e. The topological polar surface area (TPSA) is 44.1 Å². The van der Waals surface area contributed by atoms with E-state index >= 15 is 0 Å². The van der Waals surface area contributed by atoms with Crippen molar-refractivity contribution in [2.45, 2.75) is 12.8 Å². The fourth-order valence-electron chi connectivity index (χ4n) is 3.25. The number of carbonyl (C=O) groups excluding carboxylic acids is 1. The number of benzene rings is 2. The summed E-state index contributed by atoms with van der Waals surface area (Å²) in [6.45, 7) is 0. The van der Waals surface area contributed by atoms with Crippen LogP contribution in [0.5, 0.6) is 0 Å². The second-order valence-electron chi connectivity index (χ2n) is 5.72. The summed E-state index contributed by atoms with van der Waals surface area (Å²) in [6, 6.07) is 15.7. The second-order valence-corrected chi connectivity index (χ2v) is 6.15. The number of hydrogen-bond donors (Lipinski definition) is 0. The number of rotatable bonds is 1. The van der Waals surface area contributed by atoms with Crippen LogP contribution in [0.3, 0.4) is 0 Å². The zero-order valence-corrected chi connectivity index (χ0v) is 13.9. The lowest BCUT2D eigenvalue weighted by Crippen LogP contribution is -2.14. The van der Waals surface area contributed by atoms with Gasteiger partial charge in [0.1, 0.15) is 0 Å². The van der Waals surface area contributed by atoms with Gasteiger partial charge in [0.15, 0.2) is 0 Å². The van der Waals surface area contributed by atoms with Crippen LogP contribution in [0.25, 0.3) is 22.4 Å². The van der Waals surface area contributed by atoms with Gasteiger partial charge in [-0.25, -0.2) is 4.79 Å². The van der Waals surface area contributed by atoms with E-state index in [1.165, 1.54) is 17.4 Å². The third kappa shape index (κ3) is 2.31. The zero-order chi connectivity index (χ0) is 16.7. The van der Waals surface area contributed by atoms with Crippen molar-refractivity contribution in [2.75, 3.05) is 7.11 Å². The average Bonchev–Trinajstić information content (AvgIpc) is 3.02. The number of nitrogens with zero attached hydrogens (tertiary/aromatic N) is 2. The van der Waals surface area contributed by atoms with Crippen molar-refractivity contribution in [1.82, 2.24) is 9.78 Å². The van der Waals surface area contributed by atoms with E-state index in [4.69, 9.17) is 16.3 Å². The molecule has 0 N–H and O–H groups in total. The number of ether oxygens (including phenoxy) is 1. The van der Waals surface area contributed by atoms with E-state index in [1.54, 1.807) is 0 Å². The minimum absolute atomic E-state index is 0.494. The molecule has 0 atom stereocenters. The van der Waals surface area contributed by atoms with Crippen molar-refractivity contribution in [3.8, 4) is 22.4 Å². The third-order valence-corrected chi connectivity index (χ3v) is 4.59. The van der Waals surface area contributed by atoms with E-state index in [2.05, 4.69) is 17.2 Å².